The van der Waals surface area contributed by atoms with Crippen molar-refractivity contribution < 1.29 is 28.0 Å². The molecule has 336 valence electrons. The predicted octanol–water partition coefficient (Wildman–Crippen LogP) is 9.48. The van der Waals surface area contributed by atoms with Crippen LogP contribution < -0.4 is 15.0 Å². The number of nitrogens with zero attached hydrogens (tertiary/aromatic N) is 4. The fourth-order valence-corrected chi connectivity index (χ4v) is 12.7. The summed E-state index contributed by atoms with van der Waals surface area (Å²) in [7, 11) is -4.31. The number of nitro benzene ring substituents is 1. The molecule has 3 N–H and O–H groups in total. The first-order valence-electron chi connectivity index (χ1n) is 22.9. The lowest BCUT2D eigenvalue weighted by molar-refractivity contribution is -0.384. The number of nitrogens with one attached hydrogen (secondary N) is 2. The Bertz CT molecular complexity index is 2540. The van der Waals surface area contributed by atoms with Crippen molar-refractivity contribution in [3.8, 4) is 11.5 Å². The van der Waals surface area contributed by atoms with E-state index in [9.17, 15) is 28.4 Å². The van der Waals surface area contributed by atoms with Gasteiger partial charge in [-0.2, -0.15) is 0 Å². The molecule has 0 unspecified atom stereocenters. The Balaban J connectivity index is 0.910. The highest BCUT2D eigenvalue weighted by Gasteiger charge is 2.68. The molecular weight excluding hydrogens is 817 g/mol. The fraction of sp³-hybridized carbons (Fsp3) is 0.551. The summed E-state index contributed by atoms with van der Waals surface area (Å²) >= 11 is 0. The number of anilines is 2. The monoisotopic (exact) mass is 878 g/mol. The first-order valence-corrected chi connectivity index (χ1v) is 24.5. The second-order valence-electron chi connectivity index (χ2n) is 20.7. The number of carbonyl (C=O) groups is 1. The van der Waals surface area contributed by atoms with Crippen molar-refractivity contribution in [2.75, 3.05) is 55.2 Å². The number of fused-ring (bicyclic) bond motifs is 1. The Kier molecular flexibility index (Phi) is 11.3. The van der Waals surface area contributed by atoms with E-state index >= 15 is 0 Å². The number of sulfone groups is 1. The van der Waals surface area contributed by atoms with Gasteiger partial charge in [0.15, 0.2) is 15.6 Å². The zero-order valence-corrected chi connectivity index (χ0v) is 38.0. The minimum Gasteiger partial charge on any atom is -0.455 e. The predicted molar refractivity (Wildman–Crippen MR) is 245 cm³/mol. The Hall–Kier alpha value is -4.79. The molecular formula is C49H62N6O7S. The van der Waals surface area contributed by atoms with Crippen LogP contribution in [-0.4, -0.2) is 89.7 Å². The molecule has 2 bridgehead atoms. The number of aliphatic hydroxyl groups is 1. The SMILES string of the molecule is CCC12CC(C3=C(CN4CCN(c5ccc(C(=O)CS(=O)(=O)c6ccc(NCC7CCC(C)(O)CC7)c([N+](=O)[O-])c6)c(Oc6cnc7[nH]ccc7c6)c5)CC4)CCC(C)(C)C3)(C1)C2. The van der Waals surface area contributed by atoms with E-state index < -0.39 is 31.9 Å². The van der Waals surface area contributed by atoms with Gasteiger partial charge in [0, 0.05) is 68.7 Å². The molecule has 5 fully saturated rings. The fourth-order valence-electron chi connectivity index (χ4n) is 11.4. The number of benzene rings is 2. The van der Waals surface area contributed by atoms with Crippen molar-refractivity contribution in [3.63, 3.8) is 0 Å². The lowest BCUT2D eigenvalue weighted by atomic mass is 9.31. The van der Waals surface area contributed by atoms with Crippen molar-refractivity contribution in [1.82, 2.24) is 14.9 Å². The maximum Gasteiger partial charge on any atom is 0.293 e. The molecule has 2 aromatic heterocycles. The summed E-state index contributed by atoms with van der Waals surface area (Å²) in [5.74, 6) is -0.766. The van der Waals surface area contributed by atoms with Crippen LogP contribution in [0.2, 0.25) is 0 Å². The van der Waals surface area contributed by atoms with E-state index in [0.717, 1.165) is 62.7 Å². The van der Waals surface area contributed by atoms with Gasteiger partial charge in [-0.1, -0.05) is 38.3 Å². The first kappa shape index (κ1) is 43.5. The number of Topliss-reactive ketones (excluding diaryl/α,β-unsaturated/α-hetero) is 1. The highest BCUT2D eigenvalue weighted by atomic mass is 32.2. The third kappa shape index (κ3) is 8.87. The van der Waals surface area contributed by atoms with Gasteiger partial charge in [-0.05, 0) is 130 Å². The molecule has 5 aliphatic carbocycles. The molecule has 1 saturated heterocycles. The number of ketones is 1. The van der Waals surface area contributed by atoms with Crippen LogP contribution in [0.25, 0.3) is 11.0 Å². The quantitative estimate of drug-likeness (QED) is 0.0450. The number of hydrogen-bond donors (Lipinski definition) is 3. The number of H-pyrrole nitrogens is 1. The minimum atomic E-state index is -4.31. The summed E-state index contributed by atoms with van der Waals surface area (Å²) in [5, 5.41) is 26.4. The molecule has 0 amide bonds. The van der Waals surface area contributed by atoms with Crippen LogP contribution in [0, 0.1) is 32.3 Å². The van der Waals surface area contributed by atoms with E-state index in [1.54, 1.807) is 29.6 Å². The first-order chi connectivity index (χ1) is 29.9. The molecule has 10 rings (SSSR count). The molecule has 1 aliphatic heterocycles. The van der Waals surface area contributed by atoms with E-state index in [1.165, 1.54) is 57.1 Å². The molecule has 4 saturated carbocycles. The third-order valence-electron chi connectivity index (χ3n) is 15.3. The van der Waals surface area contributed by atoms with Crippen molar-refractivity contribution in [2.45, 2.75) is 109 Å². The Morgan fingerprint density at radius 1 is 1.02 bits per heavy atom. The number of allylic oxidation sites excluding steroid dienone is 1. The molecule has 14 heteroatoms. The average molecular weight is 879 g/mol. The zero-order valence-electron chi connectivity index (χ0n) is 37.2. The van der Waals surface area contributed by atoms with Gasteiger partial charge < -0.3 is 25.0 Å². The van der Waals surface area contributed by atoms with Gasteiger partial charge in [-0.25, -0.2) is 13.4 Å². The molecule has 0 atom stereocenters. The largest absolute Gasteiger partial charge is 0.455 e. The Morgan fingerprint density at radius 3 is 2.48 bits per heavy atom. The van der Waals surface area contributed by atoms with Crippen molar-refractivity contribution in [3.05, 3.63) is 87.7 Å². The van der Waals surface area contributed by atoms with Crippen LogP contribution >= 0.6 is 0 Å². The third-order valence-corrected chi connectivity index (χ3v) is 17.0. The molecule has 63 heavy (non-hydrogen) atoms. The number of rotatable bonds is 15. The van der Waals surface area contributed by atoms with Crippen LogP contribution in [0.4, 0.5) is 17.1 Å². The molecule has 0 spiro atoms. The second-order valence-corrected chi connectivity index (χ2v) is 22.6. The van der Waals surface area contributed by atoms with Gasteiger partial charge in [0.05, 0.1) is 27.2 Å². The number of aromatic amines is 1. The molecule has 13 nitrogen and oxygen atoms in total. The summed E-state index contributed by atoms with van der Waals surface area (Å²) in [6.45, 7) is 13.9. The number of ether oxygens (including phenoxy) is 1. The number of carbonyl (C=O) groups excluding carboxylic acids is 1. The minimum absolute atomic E-state index is 0.0903. The summed E-state index contributed by atoms with van der Waals surface area (Å²) in [4.78, 5) is 37.7. The normalized spacial score (nSPS) is 27.1. The van der Waals surface area contributed by atoms with Crippen LogP contribution in [-0.2, 0) is 9.84 Å². The number of piperazine rings is 1. The molecule has 0 radical (unpaired) electrons. The van der Waals surface area contributed by atoms with E-state index in [2.05, 4.69) is 45.9 Å². The summed E-state index contributed by atoms with van der Waals surface area (Å²) in [6.07, 6.45) is 15.3. The maximum atomic E-state index is 14.1. The summed E-state index contributed by atoms with van der Waals surface area (Å²) in [6, 6.07) is 12.7. The van der Waals surface area contributed by atoms with E-state index in [0.29, 0.717) is 47.0 Å². The van der Waals surface area contributed by atoms with Crippen LogP contribution in [0.15, 0.2) is 77.0 Å². The Labute approximate surface area is 370 Å². The van der Waals surface area contributed by atoms with Crippen LogP contribution in [0.5, 0.6) is 11.5 Å². The Morgan fingerprint density at radius 2 is 1.76 bits per heavy atom. The number of aromatic nitrogens is 2. The van der Waals surface area contributed by atoms with E-state index in [-0.39, 0.29) is 33.5 Å². The van der Waals surface area contributed by atoms with Crippen molar-refractivity contribution in [1.29, 1.82) is 0 Å². The lowest BCUT2D eigenvalue weighted by Gasteiger charge is -2.73. The maximum absolute atomic E-state index is 14.1. The topological polar surface area (TPSA) is 171 Å². The van der Waals surface area contributed by atoms with Crippen molar-refractivity contribution in [2.24, 2.45) is 22.2 Å². The number of nitro groups is 1. The van der Waals surface area contributed by atoms with Crippen LogP contribution in [0.1, 0.15) is 109 Å². The molecule has 4 aromatic rings. The van der Waals surface area contributed by atoms with E-state index in [4.69, 9.17) is 4.74 Å². The van der Waals surface area contributed by atoms with Gasteiger partial charge in [0.2, 0.25) is 0 Å². The number of hydrogen-bond acceptors (Lipinski definition) is 11. The van der Waals surface area contributed by atoms with Crippen molar-refractivity contribution >= 4 is 43.7 Å². The van der Waals surface area contributed by atoms with Gasteiger partial charge in [0.25, 0.3) is 5.69 Å². The second kappa shape index (κ2) is 16.3. The highest BCUT2D eigenvalue weighted by molar-refractivity contribution is 7.92. The van der Waals surface area contributed by atoms with Crippen LogP contribution in [0.3, 0.4) is 0 Å². The van der Waals surface area contributed by atoms with Gasteiger partial charge in [0.1, 0.15) is 28.6 Å². The summed E-state index contributed by atoms with van der Waals surface area (Å²) in [5.41, 5.74) is 5.66. The van der Waals surface area contributed by atoms with Gasteiger partial charge >= 0.3 is 0 Å². The smallest absolute Gasteiger partial charge is 0.293 e. The van der Waals surface area contributed by atoms with Gasteiger partial charge in [-0.3, -0.25) is 19.8 Å². The van der Waals surface area contributed by atoms with E-state index in [1.807, 2.05) is 31.2 Å². The molecule has 3 heterocycles. The summed E-state index contributed by atoms with van der Waals surface area (Å²) < 4.78 is 34.1. The zero-order chi connectivity index (χ0) is 44.4. The van der Waals surface area contributed by atoms with Gasteiger partial charge in [-0.15, -0.1) is 0 Å². The lowest BCUT2D eigenvalue weighted by Crippen LogP contribution is -2.63. The highest BCUT2D eigenvalue weighted by Crippen LogP contribution is 2.79. The number of pyridine rings is 1. The molecule has 6 aliphatic rings. The average Bonchev–Trinajstić information content (AvgIpc) is 3.69. The standard InChI is InChI=1S/C49H62N6O7S/c1-5-48-30-49(31-48,32-48)40-25-46(2,3)14-12-35(40)28-53-18-20-54(21-19-53)36-6-8-39(44(23-36)62-37-22-34-13-17-50-45(34)52-27-37)43(56)29-63(60,61)38-7-9-41(42(24-38)55(58)59)51-26-33-10-15-47(4,57)16-11-33/h6-9,13,17,22-24,27,33,51,57H,5,10-12,14-16,18-21,25-26,28-32H2,1-4H3,(H,50,52). The molecule has 2 aromatic carbocycles.